The predicted octanol–water partition coefficient (Wildman–Crippen LogP) is 0.782. The number of Topliss-reactive ketones (excluding diaryl/α,β-unsaturated/α-hetero) is 1. The molecule has 8 rings (SSSR count). The number of aliphatic carboxylic acids is 1. The highest BCUT2D eigenvalue weighted by atomic mass is 16.4. The Morgan fingerprint density at radius 3 is 2.16 bits per heavy atom. The van der Waals surface area contributed by atoms with Crippen LogP contribution in [-0.2, 0) is 9.59 Å². The Balaban J connectivity index is 1.51. The molecule has 8 fully saturated rings. The monoisotopic (exact) mass is 344 g/mol. The molecule has 8 aliphatic carbocycles. The fourth-order valence-corrected chi connectivity index (χ4v) is 10.6. The summed E-state index contributed by atoms with van der Waals surface area (Å²) >= 11 is 0. The van der Waals surface area contributed by atoms with E-state index >= 15 is 0 Å². The van der Waals surface area contributed by atoms with E-state index < -0.39 is 17.5 Å². The van der Waals surface area contributed by atoms with Crippen molar-refractivity contribution in [2.45, 2.75) is 37.9 Å². The van der Waals surface area contributed by atoms with Gasteiger partial charge in [0.1, 0.15) is 5.41 Å². The van der Waals surface area contributed by atoms with E-state index in [1.54, 1.807) is 0 Å². The van der Waals surface area contributed by atoms with E-state index in [4.69, 9.17) is 0 Å². The Kier molecular flexibility index (Phi) is 2.17. The lowest BCUT2D eigenvalue weighted by Gasteiger charge is -2.43. The number of ketones is 1. The lowest BCUT2D eigenvalue weighted by Crippen LogP contribution is -2.56. The molecule has 8 bridgehead atoms. The van der Waals surface area contributed by atoms with Crippen LogP contribution in [-0.4, -0.2) is 39.3 Å². The van der Waals surface area contributed by atoms with Gasteiger partial charge >= 0.3 is 5.97 Å². The van der Waals surface area contributed by atoms with Gasteiger partial charge in [-0.25, -0.2) is 0 Å². The van der Waals surface area contributed by atoms with Gasteiger partial charge in [0.15, 0.2) is 5.78 Å². The molecule has 0 radical (unpaired) electrons. The summed E-state index contributed by atoms with van der Waals surface area (Å²) in [5.41, 5.74) is -1.25. The SMILES string of the molecule is O=C(O)[C@@]12C(=O)[C@@H]3[C@H]4[C@H]([C@H]5[C@@H]3[C@@H]3CC[C@H](O)[C@@H]3[C@@H]51)[C@@H]2[C@H]1CC[C@@H](O)[C@H]14. The van der Waals surface area contributed by atoms with Crippen molar-refractivity contribution in [1.82, 2.24) is 0 Å². The molecule has 8 aliphatic rings. The standard InChI is InChI=1S/C20H24O5/c21-7-4-2-6-9(7)12-14-13-11-5-1-3-8(22)10(5)17(13)20(16(6)14,19(24)25)18(23)15(11)12/h5-17,21-22H,1-4H2,(H,24,25)/t5-,6+,7-,8+,9+,10-,11+,12-,13-,14-,15+,16+,17+,20-/m1/s1. The van der Waals surface area contributed by atoms with Crippen molar-refractivity contribution in [2.75, 3.05) is 0 Å². The molecule has 0 amide bonds. The van der Waals surface area contributed by atoms with E-state index in [9.17, 15) is 24.9 Å². The number of carbonyl (C=O) groups excluding carboxylic acids is 1. The van der Waals surface area contributed by atoms with Crippen molar-refractivity contribution >= 4 is 11.8 Å². The van der Waals surface area contributed by atoms with Crippen LogP contribution in [0.2, 0.25) is 0 Å². The minimum atomic E-state index is -1.25. The van der Waals surface area contributed by atoms with Gasteiger partial charge in [0.2, 0.25) is 0 Å². The number of fused-ring (bicyclic) bond motifs is 2. The normalized spacial score (nSPS) is 70.3. The Labute approximate surface area is 145 Å². The molecule has 0 heterocycles. The van der Waals surface area contributed by atoms with Crippen molar-refractivity contribution in [2.24, 2.45) is 70.5 Å². The van der Waals surface area contributed by atoms with Gasteiger partial charge in [-0.2, -0.15) is 0 Å². The summed E-state index contributed by atoms with van der Waals surface area (Å²) < 4.78 is 0. The van der Waals surface area contributed by atoms with E-state index in [1.165, 1.54) is 0 Å². The maximum absolute atomic E-state index is 13.6. The summed E-state index contributed by atoms with van der Waals surface area (Å²) in [7, 11) is 0. The topological polar surface area (TPSA) is 94.8 Å². The molecule has 25 heavy (non-hydrogen) atoms. The molecule has 0 saturated heterocycles. The van der Waals surface area contributed by atoms with Crippen LogP contribution in [0.15, 0.2) is 0 Å². The molecule has 0 unspecified atom stereocenters. The summed E-state index contributed by atoms with van der Waals surface area (Å²) in [6.45, 7) is 0. The van der Waals surface area contributed by atoms with E-state index in [0.717, 1.165) is 25.7 Å². The quantitative estimate of drug-likeness (QED) is 0.611. The van der Waals surface area contributed by atoms with Crippen LogP contribution >= 0.6 is 0 Å². The Bertz CT molecular complexity index is 734. The fraction of sp³-hybridized carbons (Fsp3) is 0.900. The molecule has 3 N–H and O–H groups in total. The molecule has 0 aromatic carbocycles. The number of rotatable bonds is 1. The zero-order chi connectivity index (χ0) is 17.0. The van der Waals surface area contributed by atoms with Gasteiger partial charge in [-0.05, 0) is 84.9 Å². The van der Waals surface area contributed by atoms with Crippen molar-refractivity contribution in [3.63, 3.8) is 0 Å². The molecule has 5 nitrogen and oxygen atoms in total. The smallest absolute Gasteiger partial charge is 0.317 e. The number of aliphatic hydroxyl groups excluding tert-OH is 2. The zero-order valence-corrected chi connectivity index (χ0v) is 14.0. The predicted molar refractivity (Wildman–Crippen MR) is 83.9 cm³/mol. The third kappa shape index (κ3) is 1.09. The number of carbonyl (C=O) groups is 2. The number of aliphatic hydroxyl groups is 2. The fourth-order valence-electron chi connectivity index (χ4n) is 10.6. The Morgan fingerprint density at radius 2 is 1.44 bits per heavy atom. The van der Waals surface area contributed by atoms with Crippen molar-refractivity contribution in [3.05, 3.63) is 0 Å². The number of carboxylic acid groups (broad SMARTS) is 1. The summed E-state index contributed by atoms with van der Waals surface area (Å²) in [6, 6.07) is 0. The highest BCUT2D eigenvalue weighted by Crippen LogP contribution is 2.86. The van der Waals surface area contributed by atoms with Gasteiger partial charge in [0.25, 0.3) is 0 Å². The average Bonchev–Trinajstić information content (AvgIpc) is 3.29. The summed E-state index contributed by atoms with van der Waals surface area (Å²) in [5.74, 6) is 0.596. The first kappa shape index (κ1) is 14.2. The van der Waals surface area contributed by atoms with Gasteiger partial charge in [-0.15, -0.1) is 0 Å². The second-order valence-electron chi connectivity index (χ2n) is 10.2. The largest absolute Gasteiger partial charge is 0.480 e. The number of hydrogen-bond acceptors (Lipinski definition) is 4. The van der Waals surface area contributed by atoms with Gasteiger partial charge in [0, 0.05) is 5.92 Å². The van der Waals surface area contributed by atoms with Crippen LogP contribution in [0.4, 0.5) is 0 Å². The minimum absolute atomic E-state index is 0.00167. The number of carboxylic acids is 1. The Hall–Kier alpha value is -0.940. The third-order valence-electron chi connectivity index (χ3n) is 10.4. The molecule has 14 atom stereocenters. The van der Waals surface area contributed by atoms with Crippen molar-refractivity contribution in [1.29, 1.82) is 0 Å². The van der Waals surface area contributed by atoms with Crippen LogP contribution in [0.5, 0.6) is 0 Å². The Morgan fingerprint density at radius 1 is 0.800 bits per heavy atom. The van der Waals surface area contributed by atoms with E-state index in [-0.39, 0.29) is 53.3 Å². The molecule has 5 heteroatoms. The highest BCUT2D eigenvalue weighted by Gasteiger charge is 2.90. The first-order valence-corrected chi connectivity index (χ1v) is 10.1. The second kappa shape index (κ2) is 3.84. The highest BCUT2D eigenvalue weighted by molar-refractivity contribution is 6.08. The molecular weight excluding hydrogens is 320 g/mol. The molecule has 8 saturated carbocycles. The van der Waals surface area contributed by atoms with Gasteiger partial charge in [-0.3, -0.25) is 9.59 Å². The van der Waals surface area contributed by atoms with Crippen LogP contribution in [0.25, 0.3) is 0 Å². The van der Waals surface area contributed by atoms with E-state index in [2.05, 4.69) is 0 Å². The molecular formula is C20H24O5. The van der Waals surface area contributed by atoms with Crippen LogP contribution in [0.3, 0.4) is 0 Å². The summed E-state index contributed by atoms with van der Waals surface area (Å²) in [4.78, 5) is 26.3. The maximum atomic E-state index is 13.6. The van der Waals surface area contributed by atoms with Gasteiger partial charge < -0.3 is 15.3 Å². The van der Waals surface area contributed by atoms with Gasteiger partial charge in [-0.1, -0.05) is 0 Å². The second-order valence-corrected chi connectivity index (χ2v) is 10.2. The lowest BCUT2D eigenvalue weighted by atomic mass is 9.56. The average molecular weight is 344 g/mol. The zero-order valence-electron chi connectivity index (χ0n) is 14.0. The van der Waals surface area contributed by atoms with E-state index in [1.807, 2.05) is 0 Å². The maximum Gasteiger partial charge on any atom is 0.317 e. The first-order chi connectivity index (χ1) is 12.0. The van der Waals surface area contributed by atoms with Crippen LogP contribution in [0.1, 0.15) is 25.7 Å². The van der Waals surface area contributed by atoms with E-state index in [0.29, 0.717) is 23.7 Å². The first-order valence-electron chi connectivity index (χ1n) is 10.1. The molecule has 0 spiro atoms. The summed E-state index contributed by atoms with van der Waals surface area (Å²) in [6.07, 6.45) is 2.58. The lowest BCUT2D eigenvalue weighted by molar-refractivity contribution is -0.170. The van der Waals surface area contributed by atoms with Crippen molar-refractivity contribution < 1.29 is 24.9 Å². The van der Waals surface area contributed by atoms with Crippen LogP contribution < -0.4 is 0 Å². The third-order valence-corrected chi connectivity index (χ3v) is 10.4. The molecule has 0 aliphatic heterocycles. The molecule has 0 aromatic heterocycles. The number of hydrogen-bond donors (Lipinski definition) is 3. The molecule has 0 aromatic rings. The molecule has 134 valence electrons. The van der Waals surface area contributed by atoms with Crippen molar-refractivity contribution in [3.8, 4) is 0 Å². The van der Waals surface area contributed by atoms with Crippen LogP contribution in [0, 0.1) is 70.5 Å². The summed E-state index contributed by atoms with van der Waals surface area (Å²) in [5, 5.41) is 31.7. The van der Waals surface area contributed by atoms with Gasteiger partial charge in [0.05, 0.1) is 12.2 Å². The minimum Gasteiger partial charge on any atom is -0.480 e.